The first-order valence-corrected chi connectivity index (χ1v) is 4.62. The van der Waals surface area contributed by atoms with Crippen molar-refractivity contribution in [1.29, 1.82) is 0 Å². The standard InChI is InChI=1S/4C3H7.ClH.Ti/c4*1-3-2;;/h4*3H,1-2H3;1H;/q4*-1;;+4. The molecule has 0 N–H and O–H groups in total. The van der Waals surface area contributed by atoms with Gasteiger partial charge < -0.3 is 25.7 Å². The van der Waals surface area contributed by atoms with Crippen molar-refractivity contribution in [2.24, 2.45) is 0 Å². The van der Waals surface area contributed by atoms with Crippen LogP contribution in [0.4, 0.5) is 0 Å². The van der Waals surface area contributed by atoms with Gasteiger partial charge in [0, 0.05) is 0 Å². The molecule has 0 heterocycles. The van der Waals surface area contributed by atoms with Crippen LogP contribution in [0.15, 0.2) is 0 Å². The number of rotatable bonds is 0. The quantitative estimate of drug-likeness (QED) is 0.405. The van der Waals surface area contributed by atoms with Crippen LogP contribution in [0.2, 0.25) is 0 Å². The molecule has 0 aromatic carbocycles. The van der Waals surface area contributed by atoms with E-state index in [1.165, 1.54) is 0 Å². The third-order valence-corrected chi connectivity index (χ3v) is 0. The van der Waals surface area contributed by atoms with Crippen LogP contribution in [0.1, 0.15) is 55.4 Å². The zero-order valence-corrected chi connectivity index (χ0v) is 13.6. The average Bonchev–Trinajstić information content (AvgIpc) is 1.92. The van der Waals surface area contributed by atoms with Crippen molar-refractivity contribution >= 4 is 12.4 Å². The molecule has 2 heteroatoms. The Morgan fingerprint density at radius 1 is 0.429 bits per heavy atom. The second-order valence-electron chi connectivity index (χ2n) is 2.31. The molecular weight excluding hydrogens is 227 g/mol. The molecule has 0 amide bonds. The summed E-state index contributed by atoms with van der Waals surface area (Å²) in [6, 6.07) is 0. The van der Waals surface area contributed by atoms with Gasteiger partial charge in [-0.25, -0.2) is 0 Å². The first-order valence-electron chi connectivity index (χ1n) is 4.62. The summed E-state index contributed by atoms with van der Waals surface area (Å²) in [5, 5.41) is 0. The Labute approximate surface area is 115 Å². The van der Waals surface area contributed by atoms with Gasteiger partial charge in [0.1, 0.15) is 0 Å². The van der Waals surface area contributed by atoms with Crippen molar-refractivity contribution in [3.8, 4) is 0 Å². The maximum Gasteiger partial charge on any atom is 4.00 e. The number of hydrogen-bond acceptors (Lipinski definition) is 0. The van der Waals surface area contributed by atoms with Crippen LogP contribution < -0.4 is 0 Å². The van der Waals surface area contributed by atoms with Gasteiger partial charge >= 0.3 is 21.7 Å². The van der Waals surface area contributed by atoms with Crippen molar-refractivity contribution < 1.29 is 21.7 Å². The zero-order valence-electron chi connectivity index (χ0n) is 11.2. The van der Waals surface area contributed by atoms with Crippen molar-refractivity contribution in [2.45, 2.75) is 55.4 Å². The summed E-state index contributed by atoms with van der Waals surface area (Å²) in [5.41, 5.74) is 0. The topological polar surface area (TPSA) is 0 Å². The Morgan fingerprint density at radius 3 is 0.429 bits per heavy atom. The molecule has 0 aliphatic rings. The molecule has 0 saturated heterocycles. The van der Waals surface area contributed by atoms with Gasteiger partial charge in [0.25, 0.3) is 0 Å². The van der Waals surface area contributed by atoms with Gasteiger partial charge in [-0.3, -0.25) is 0 Å². The van der Waals surface area contributed by atoms with E-state index in [1.54, 1.807) is 0 Å². The van der Waals surface area contributed by atoms with Crippen molar-refractivity contribution in [3.05, 3.63) is 25.7 Å². The molecule has 0 bridgehead atoms. The maximum atomic E-state index is 2.00. The first-order chi connectivity index (χ1) is 5.66. The minimum absolute atomic E-state index is 0. The Hall–Kier alpha value is 1.00. The van der Waals surface area contributed by atoms with Crippen LogP contribution >= 0.6 is 12.4 Å². The zero-order chi connectivity index (χ0) is 10.8. The summed E-state index contributed by atoms with van der Waals surface area (Å²) >= 11 is 0. The van der Waals surface area contributed by atoms with E-state index < -0.39 is 0 Å². The van der Waals surface area contributed by atoms with Gasteiger partial charge in [0.15, 0.2) is 0 Å². The fourth-order valence-electron chi connectivity index (χ4n) is 0. The molecule has 0 radical (unpaired) electrons. The number of halogens is 1. The molecule has 0 spiro atoms. The predicted octanol–water partition coefficient (Wildman–Crippen LogP) is 5.34. The van der Waals surface area contributed by atoms with E-state index in [9.17, 15) is 0 Å². The van der Waals surface area contributed by atoms with E-state index in [0.717, 1.165) is 0 Å². The Bertz CT molecular complexity index is 18.3. The molecule has 0 aliphatic heterocycles. The monoisotopic (exact) mass is 256 g/mol. The van der Waals surface area contributed by atoms with E-state index in [4.69, 9.17) is 0 Å². The molecule has 0 saturated carbocycles. The largest absolute Gasteiger partial charge is 4.00 e. The SMILES string of the molecule is C[CH-]C.C[CH-]C.C[CH-]C.C[CH-]C.Cl.[Ti+4]. The van der Waals surface area contributed by atoms with Crippen molar-refractivity contribution in [3.63, 3.8) is 0 Å². The summed E-state index contributed by atoms with van der Waals surface area (Å²) in [4.78, 5) is 0. The molecule has 0 nitrogen and oxygen atoms in total. The fraction of sp³-hybridized carbons (Fsp3) is 0.667. The van der Waals surface area contributed by atoms with Gasteiger partial charge in [-0.05, 0) is 0 Å². The van der Waals surface area contributed by atoms with Gasteiger partial charge in [0.2, 0.25) is 0 Å². The smallest absolute Gasteiger partial charge is 0.335 e. The van der Waals surface area contributed by atoms with Crippen LogP contribution in [0, 0.1) is 25.7 Å². The summed E-state index contributed by atoms with van der Waals surface area (Å²) < 4.78 is 0. The van der Waals surface area contributed by atoms with Crippen LogP contribution in [0.3, 0.4) is 0 Å². The minimum atomic E-state index is 0. The summed E-state index contributed by atoms with van der Waals surface area (Å²) in [7, 11) is 0. The molecule has 0 aromatic heterocycles. The van der Waals surface area contributed by atoms with Gasteiger partial charge in [0.05, 0.1) is 0 Å². The van der Waals surface area contributed by atoms with Gasteiger partial charge in [-0.2, -0.15) is 55.4 Å². The first kappa shape index (κ1) is 36.3. The molecule has 0 aliphatic carbocycles. The third-order valence-electron chi connectivity index (χ3n) is 0. The molecule has 0 rings (SSSR count). The third kappa shape index (κ3) is 1860. The molecule has 88 valence electrons. The van der Waals surface area contributed by atoms with E-state index in [2.05, 4.69) is 0 Å². The van der Waals surface area contributed by atoms with Gasteiger partial charge in [-0.1, -0.05) is 0 Å². The normalized spacial score (nSPS) is 5.14. The molecule has 0 aromatic rings. The van der Waals surface area contributed by atoms with E-state index >= 15 is 0 Å². The summed E-state index contributed by atoms with van der Waals surface area (Å²) in [5.74, 6) is 0. The van der Waals surface area contributed by atoms with Crippen LogP contribution in [-0.4, -0.2) is 0 Å². The molecule has 0 fully saturated rings. The number of hydrogen-bond donors (Lipinski definition) is 0. The Kier molecular flexibility index (Phi) is 245. The Balaban J connectivity index is -0.0000000145. The fourth-order valence-corrected chi connectivity index (χ4v) is 0. The second kappa shape index (κ2) is 94.6. The average molecular weight is 257 g/mol. The molecular formula is C12H29ClTi. The summed E-state index contributed by atoms with van der Waals surface area (Å²) in [6.07, 6.45) is 8.00. The van der Waals surface area contributed by atoms with Crippen LogP contribution in [-0.2, 0) is 21.7 Å². The van der Waals surface area contributed by atoms with Crippen LogP contribution in [0.5, 0.6) is 0 Å². The minimum Gasteiger partial charge on any atom is -0.335 e. The van der Waals surface area contributed by atoms with Crippen molar-refractivity contribution in [2.75, 3.05) is 0 Å². The van der Waals surface area contributed by atoms with E-state index in [0.29, 0.717) is 0 Å². The molecule has 14 heavy (non-hydrogen) atoms. The van der Waals surface area contributed by atoms with Crippen LogP contribution in [0.25, 0.3) is 0 Å². The molecule has 0 atom stereocenters. The van der Waals surface area contributed by atoms with Crippen molar-refractivity contribution in [1.82, 2.24) is 0 Å². The predicted molar refractivity (Wildman–Crippen MR) is 69.8 cm³/mol. The molecule has 0 unspecified atom stereocenters. The van der Waals surface area contributed by atoms with Gasteiger partial charge in [-0.15, -0.1) is 12.4 Å². The summed E-state index contributed by atoms with van der Waals surface area (Å²) in [6.45, 7) is 16.0. The van der Waals surface area contributed by atoms with E-state index in [1.807, 2.05) is 81.1 Å². The Morgan fingerprint density at radius 2 is 0.429 bits per heavy atom. The van der Waals surface area contributed by atoms with E-state index in [-0.39, 0.29) is 34.1 Å². The maximum absolute atomic E-state index is 2.00. The second-order valence-corrected chi connectivity index (χ2v) is 2.31.